The van der Waals surface area contributed by atoms with Crippen molar-refractivity contribution in [3.05, 3.63) is 29.8 Å². The third kappa shape index (κ3) is 4.03. The second-order valence-corrected chi connectivity index (χ2v) is 6.36. The molecule has 7 heteroatoms. The number of hydrogen-bond donors (Lipinski definition) is 1. The maximum absolute atomic E-state index is 12.3. The highest BCUT2D eigenvalue weighted by Gasteiger charge is 2.24. The van der Waals surface area contributed by atoms with Gasteiger partial charge < -0.3 is 9.84 Å². The maximum atomic E-state index is 12.3. The first-order valence-corrected chi connectivity index (χ1v) is 7.63. The lowest BCUT2D eigenvalue weighted by Crippen LogP contribution is -2.33. The highest BCUT2D eigenvalue weighted by Crippen LogP contribution is 2.19. The molecule has 6 nitrogen and oxygen atoms in total. The third-order valence-electron chi connectivity index (χ3n) is 2.71. The maximum Gasteiger partial charge on any atom is 0.321 e. The summed E-state index contributed by atoms with van der Waals surface area (Å²) in [5, 5.41) is 9.49. The molecule has 1 N–H and O–H groups in total. The molecule has 1 rings (SSSR count). The number of sulfonamides is 1. The van der Waals surface area contributed by atoms with Gasteiger partial charge in [0, 0.05) is 7.05 Å². The summed E-state index contributed by atoms with van der Waals surface area (Å²) in [5.41, 5.74) is 0.496. The third-order valence-corrected chi connectivity index (χ3v) is 4.51. The Balaban J connectivity index is 2.98. The van der Waals surface area contributed by atoms with Crippen molar-refractivity contribution in [2.24, 2.45) is 0 Å². The summed E-state index contributed by atoms with van der Waals surface area (Å²) in [6, 6.07) is 5.99. The number of carbonyl (C=O) groups excluding carboxylic acids is 1. The van der Waals surface area contributed by atoms with Crippen LogP contribution < -0.4 is 0 Å². The Morgan fingerprint density at radius 1 is 1.45 bits per heavy atom. The molecule has 0 aromatic heterocycles. The van der Waals surface area contributed by atoms with Gasteiger partial charge in [-0.1, -0.05) is 12.1 Å². The van der Waals surface area contributed by atoms with E-state index in [1.54, 1.807) is 26.0 Å². The second-order valence-electron chi connectivity index (χ2n) is 4.31. The van der Waals surface area contributed by atoms with Crippen LogP contribution in [0.15, 0.2) is 29.2 Å². The van der Waals surface area contributed by atoms with Gasteiger partial charge in [0.15, 0.2) is 0 Å². The van der Waals surface area contributed by atoms with Crippen LogP contribution in [0.5, 0.6) is 0 Å². The van der Waals surface area contributed by atoms with E-state index in [1.165, 1.54) is 19.2 Å². The average Bonchev–Trinajstić information content (AvgIpc) is 2.38. The predicted molar refractivity (Wildman–Crippen MR) is 73.5 cm³/mol. The first kappa shape index (κ1) is 16.6. The lowest BCUT2D eigenvalue weighted by atomic mass is 10.1. The van der Waals surface area contributed by atoms with Gasteiger partial charge in [0.05, 0.1) is 17.6 Å². The van der Waals surface area contributed by atoms with E-state index in [0.717, 1.165) is 4.31 Å². The molecule has 0 bridgehead atoms. The molecule has 0 aliphatic rings. The fourth-order valence-corrected chi connectivity index (χ4v) is 2.76. The predicted octanol–water partition coefficient (Wildman–Crippen LogP) is 0.923. The molecule has 0 aliphatic carbocycles. The molecule has 20 heavy (non-hydrogen) atoms. The van der Waals surface area contributed by atoms with Crippen LogP contribution in [0.25, 0.3) is 0 Å². The zero-order valence-electron chi connectivity index (χ0n) is 11.7. The SMILES string of the molecule is CCOC(=O)CN(C)S(=O)(=O)c1cccc(C(C)O)c1. The summed E-state index contributed by atoms with van der Waals surface area (Å²) in [6.45, 7) is 3.05. The number of esters is 1. The summed E-state index contributed by atoms with van der Waals surface area (Å²) in [5.74, 6) is -0.606. The fraction of sp³-hybridized carbons (Fsp3) is 0.462. The van der Waals surface area contributed by atoms with Crippen LogP contribution in [-0.4, -0.2) is 44.0 Å². The molecule has 0 amide bonds. The molecule has 0 aliphatic heterocycles. The molecular formula is C13H19NO5S. The number of likely N-dealkylation sites (N-methyl/N-ethyl adjacent to an activating group) is 1. The molecule has 1 aromatic carbocycles. The minimum Gasteiger partial charge on any atom is -0.465 e. The number of aliphatic hydroxyl groups excluding tert-OH is 1. The van der Waals surface area contributed by atoms with Gasteiger partial charge in [0.2, 0.25) is 10.0 Å². The van der Waals surface area contributed by atoms with Crippen LogP contribution in [0.4, 0.5) is 0 Å². The van der Waals surface area contributed by atoms with Crippen LogP contribution in [0.1, 0.15) is 25.5 Å². The van der Waals surface area contributed by atoms with Crippen LogP contribution in [0, 0.1) is 0 Å². The Labute approximate surface area is 119 Å². The minimum atomic E-state index is -3.79. The summed E-state index contributed by atoms with van der Waals surface area (Å²) < 4.78 is 30.2. The lowest BCUT2D eigenvalue weighted by molar-refractivity contribution is -0.143. The fourth-order valence-electron chi connectivity index (χ4n) is 1.59. The summed E-state index contributed by atoms with van der Waals surface area (Å²) in [7, 11) is -2.48. The number of ether oxygens (including phenoxy) is 1. The lowest BCUT2D eigenvalue weighted by Gasteiger charge is -2.17. The standard InChI is InChI=1S/C13H19NO5S/c1-4-19-13(16)9-14(3)20(17,18)12-7-5-6-11(8-12)10(2)15/h5-8,10,15H,4,9H2,1-3H3. The van der Waals surface area contributed by atoms with Crippen LogP contribution >= 0.6 is 0 Å². The highest BCUT2D eigenvalue weighted by molar-refractivity contribution is 7.89. The Hall–Kier alpha value is -1.44. The molecule has 0 heterocycles. The zero-order chi connectivity index (χ0) is 15.3. The molecular weight excluding hydrogens is 282 g/mol. The van der Waals surface area contributed by atoms with Crippen molar-refractivity contribution in [3.8, 4) is 0 Å². The van der Waals surface area contributed by atoms with E-state index in [0.29, 0.717) is 5.56 Å². The molecule has 0 spiro atoms. The highest BCUT2D eigenvalue weighted by atomic mass is 32.2. The minimum absolute atomic E-state index is 0.0303. The topological polar surface area (TPSA) is 83.9 Å². The normalized spacial score (nSPS) is 13.2. The number of aliphatic hydroxyl groups is 1. The molecule has 1 atom stereocenters. The van der Waals surface area contributed by atoms with E-state index in [9.17, 15) is 18.3 Å². The van der Waals surface area contributed by atoms with E-state index < -0.39 is 22.1 Å². The molecule has 1 aromatic rings. The van der Waals surface area contributed by atoms with Gasteiger partial charge in [-0.25, -0.2) is 8.42 Å². The Morgan fingerprint density at radius 2 is 2.10 bits per heavy atom. The van der Waals surface area contributed by atoms with Crippen LogP contribution in [-0.2, 0) is 19.6 Å². The summed E-state index contributed by atoms with van der Waals surface area (Å²) in [6.07, 6.45) is -0.763. The van der Waals surface area contributed by atoms with E-state index in [1.807, 2.05) is 0 Å². The van der Waals surface area contributed by atoms with E-state index in [4.69, 9.17) is 4.74 Å². The van der Waals surface area contributed by atoms with Crippen molar-refractivity contribution < 1.29 is 23.1 Å². The van der Waals surface area contributed by atoms with Crippen molar-refractivity contribution in [2.45, 2.75) is 24.8 Å². The number of carbonyl (C=O) groups is 1. The molecule has 1 unspecified atom stereocenters. The largest absolute Gasteiger partial charge is 0.465 e. The van der Waals surface area contributed by atoms with Crippen molar-refractivity contribution >= 4 is 16.0 Å². The van der Waals surface area contributed by atoms with Gasteiger partial charge >= 0.3 is 5.97 Å². The Kier molecular flexibility index (Phi) is 5.67. The molecule has 112 valence electrons. The van der Waals surface area contributed by atoms with Gasteiger partial charge in [-0.3, -0.25) is 4.79 Å². The number of rotatable bonds is 6. The van der Waals surface area contributed by atoms with Gasteiger partial charge in [-0.15, -0.1) is 0 Å². The van der Waals surface area contributed by atoms with Crippen molar-refractivity contribution in [2.75, 3.05) is 20.2 Å². The zero-order valence-corrected chi connectivity index (χ0v) is 12.6. The van der Waals surface area contributed by atoms with E-state index in [-0.39, 0.29) is 18.0 Å². The van der Waals surface area contributed by atoms with Crippen molar-refractivity contribution in [3.63, 3.8) is 0 Å². The smallest absolute Gasteiger partial charge is 0.321 e. The summed E-state index contributed by atoms with van der Waals surface area (Å²) >= 11 is 0. The van der Waals surface area contributed by atoms with Gasteiger partial charge in [-0.2, -0.15) is 4.31 Å². The molecule has 0 fully saturated rings. The number of nitrogens with zero attached hydrogens (tertiary/aromatic N) is 1. The number of benzene rings is 1. The molecule has 0 radical (unpaired) electrons. The van der Waals surface area contributed by atoms with Crippen molar-refractivity contribution in [1.29, 1.82) is 0 Å². The Bertz CT molecular complexity index is 568. The molecule has 0 saturated carbocycles. The number of hydrogen-bond acceptors (Lipinski definition) is 5. The second kappa shape index (κ2) is 6.83. The van der Waals surface area contributed by atoms with Gasteiger partial charge in [0.25, 0.3) is 0 Å². The Morgan fingerprint density at radius 3 is 2.65 bits per heavy atom. The van der Waals surface area contributed by atoms with E-state index in [2.05, 4.69) is 0 Å². The molecule has 0 saturated heterocycles. The first-order chi connectivity index (χ1) is 9.28. The van der Waals surface area contributed by atoms with Gasteiger partial charge in [0.1, 0.15) is 6.54 Å². The average molecular weight is 301 g/mol. The van der Waals surface area contributed by atoms with Gasteiger partial charge in [-0.05, 0) is 31.5 Å². The van der Waals surface area contributed by atoms with E-state index >= 15 is 0 Å². The van der Waals surface area contributed by atoms with Crippen LogP contribution in [0.2, 0.25) is 0 Å². The summed E-state index contributed by atoms with van der Waals surface area (Å²) in [4.78, 5) is 11.4. The monoisotopic (exact) mass is 301 g/mol. The first-order valence-electron chi connectivity index (χ1n) is 6.19. The van der Waals surface area contributed by atoms with Crippen LogP contribution in [0.3, 0.4) is 0 Å². The quantitative estimate of drug-likeness (QED) is 0.790. The van der Waals surface area contributed by atoms with Crippen molar-refractivity contribution in [1.82, 2.24) is 4.31 Å².